The van der Waals surface area contributed by atoms with Gasteiger partial charge in [-0.25, -0.2) is 4.98 Å². The fraction of sp³-hybridized carbons (Fsp3) is 0.786. The van der Waals surface area contributed by atoms with E-state index < -0.39 is 0 Å². The lowest BCUT2D eigenvalue weighted by atomic mass is 9.48. The summed E-state index contributed by atoms with van der Waals surface area (Å²) in [5, 5.41) is 0. The molecule has 1 aromatic heterocycles. The van der Waals surface area contributed by atoms with Gasteiger partial charge >= 0.3 is 0 Å². The molecule has 0 aromatic carbocycles. The number of rotatable bonds is 2. The molecule has 4 fully saturated rings. The second-order valence-electron chi connectivity index (χ2n) is 6.67. The van der Waals surface area contributed by atoms with E-state index in [0.717, 1.165) is 17.8 Å². The van der Waals surface area contributed by atoms with Gasteiger partial charge < -0.3 is 4.98 Å². The monoisotopic (exact) mass is 216 g/mol. The van der Waals surface area contributed by atoms with Crippen LogP contribution in [0.4, 0.5) is 0 Å². The highest BCUT2D eigenvalue weighted by molar-refractivity contribution is 5.08. The van der Waals surface area contributed by atoms with Crippen molar-refractivity contribution in [2.24, 2.45) is 23.2 Å². The third kappa shape index (κ3) is 1.35. The summed E-state index contributed by atoms with van der Waals surface area (Å²) in [4.78, 5) is 7.47. The highest BCUT2D eigenvalue weighted by Gasteiger charge is 2.50. The van der Waals surface area contributed by atoms with Crippen molar-refractivity contribution in [3.8, 4) is 0 Å². The Labute approximate surface area is 96.9 Å². The Morgan fingerprint density at radius 3 is 2.25 bits per heavy atom. The zero-order chi connectivity index (χ0) is 10.6. The van der Waals surface area contributed by atoms with E-state index in [1.165, 1.54) is 31.4 Å². The van der Waals surface area contributed by atoms with Crippen LogP contribution in [0.2, 0.25) is 0 Å². The third-order valence-corrected chi connectivity index (χ3v) is 5.29. The predicted octanol–water partition coefficient (Wildman–Crippen LogP) is 3.17. The van der Waals surface area contributed by atoms with E-state index in [-0.39, 0.29) is 0 Å². The van der Waals surface area contributed by atoms with Crippen LogP contribution in [0.25, 0.3) is 0 Å². The van der Waals surface area contributed by atoms with Gasteiger partial charge in [-0.1, -0.05) is 0 Å². The highest BCUT2D eigenvalue weighted by atomic mass is 14.9. The number of nitrogens with one attached hydrogen (secondary N) is 1. The molecule has 0 amide bonds. The van der Waals surface area contributed by atoms with Gasteiger partial charge in [0.05, 0.1) is 6.33 Å². The SMILES string of the molecule is c1ncc(CC23CC4CC(CC(C4)C2)C3)[nH]1. The molecule has 0 aliphatic heterocycles. The average Bonchev–Trinajstić information content (AvgIpc) is 2.66. The molecular formula is C14H20N2. The zero-order valence-electron chi connectivity index (χ0n) is 9.78. The van der Waals surface area contributed by atoms with Gasteiger partial charge in [0.25, 0.3) is 0 Å². The summed E-state index contributed by atoms with van der Waals surface area (Å²) in [7, 11) is 0. The van der Waals surface area contributed by atoms with Gasteiger partial charge in [0, 0.05) is 11.9 Å². The Morgan fingerprint density at radius 2 is 1.75 bits per heavy atom. The van der Waals surface area contributed by atoms with Crippen LogP contribution in [0.5, 0.6) is 0 Å². The standard InChI is InChI=1S/C14H20N2/c1-10-2-12-3-11(1)5-14(4-10,6-12)7-13-8-15-9-16-13/h8-12H,1-7H2,(H,15,16). The van der Waals surface area contributed by atoms with Crippen molar-refractivity contribution in [2.75, 3.05) is 0 Å². The molecule has 0 saturated heterocycles. The minimum absolute atomic E-state index is 0.654. The van der Waals surface area contributed by atoms with Crippen LogP contribution in [0.15, 0.2) is 12.5 Å². The first-order chi connectivity index (χ1) is 7.81. The number of hydrogen-bond donors (Lipinski definition) is 1. The lowest BCUT2D eigenvalue weighted by Gasteiger charge is -2.57. The zero-order valence-corrected chi connectivity index (χ0v) is 9.78. The van der Waals surface area contributed by atoms with Gasteiger partial charge in [-0.2, -0.15) is 0 Å². The summed E-state index contributed by atoms with van der Waals surface area (Å²) < 4.78 is 0. The van der Waals surface area contributed by atoms with E-state index in [2.05, 4.69) is 9.97 Å². The Bertz CT molecular complexity index is 344. The fourth-order valence-electron chi connectivity index (χ4n) is 5.29. The molecule has 1 aromatic rings. The molecule has 1 N–H and O–H groups in total. The van der Waals surface area contributed by atoms with Crippen LogP contribution >= 0.6 is 0 Å². The van der Waals surface area contributed by atoms with Crippen molar-refractivity contribution in [3.63, 3.8) is 0 Å². The maximum absolute atomic E-state index is 4.16. The Balaban J connectivity index is 1.62. The molecule has 2 nitrogen and oxygen atoms in total. The molecule has 0 atom stereocenters. The van der Waals surface area contributed by atoms with Crippen LogP contribution in [0.1, 0.15) is 44.2 Å². The highest BCUT2D eigenvalue weighted by Crippen LogP contribution is 2.60. The van der Waals surface area contributed by atoms with E-state index in [9.17, 15) is 0 Å². The minimum atomic E-state index is 0.654. The number of imidazole rings is 1. The third-order valence-electron chi connectivity index (χ3n) is 5.29. The first-order valence-corrected chi connectivity index (χ1v) is 6.79. The van der Waals surface area contributed by atoms with Crippen molar-refractivity contribution in [2.45, 2.75) is 44.9 Å². The van der Waals surface area contributed by atoms with Gasteiger partial charge in [-0.15, -0.1) is 0 Å². The van der Waals surface area contributed by atoms with Gasteiger partial charge in [-0.3, -0.25) is 0 Å². The molecule has 4 aliphatic carbocycles. The maximum atomic E-state index is 4.16. The van der Waals surface area contributed by atoms with Crippen LogP contribution in [-0.2, 0) is 6.42 Å². The quantitative estimate of drug-likeness (QED) is 0.808. The first-order valence-electron chi connectivity index (χ1n) is 6.79. The van der Waals surface area contributed by atoms with Gasteiger partial charge in [0.15, 0.2) is 0 Å². The molecular weight excluding hydrogens is 196 g/mol. The van der Waals surface area contributed by atoms with Crippen molar-refractivity contribution in [3.05, 3.63) is 18.2 Å². The molecule has 4 bridgehead atoms. The van der Waals surface area contributed by atoms with Crippen molar-refractivity contribution in [1.82, 2.24) is 9.97 Å². The topological polar surface area (TPSA) is 28.7 Å². The van der Waals surface area contributed by atoms with E-state index >= 15 is 0 Å². The van der Waals surface area contributed by atoms with Crippen molar-refractivity contribution in [1.29, 1.82) is 0 Å². The molecule has 5 rings (SSSR count). The average molecular weight is 216 g/mol. The Kier molecular flexibility index (Phi) is 1.80. The predicted molar refractivity (Wildman–Crippen MR) is 62.9 cm³/mol. The van der Waals surface area contributed by atoms with Gasteiger partial charge in [-0.05, 0) is 68.1 Å². The summed E-state index contributed by atoms with van der Waals surface area (Å²) in [6, 6.07) is 0. The molecule has 0 radical (unpaired) electrons. The molecule has 4 saturated carbocycles. The van der Waals surface area contributed by atoms with Crippen LogP contribution in [0, 0.1) is 23.2 Å². The lowest BCUT2D eigenvalue weighted by Crippen LogP contribution is -2.47. The Morgan fingerprint density at radius 1 is 1.12 bits per heavy atom. The molecule has 1 heterocycles. The maximum Gasteiger partial charge on any atom is 0.0921 e. The van der Waals surface area contributed by atoms with E-state index in [1.807, 2.05) is 12.5 Å². The number of aromatic nitrogens is 2. The minimum Gasteiger partial charge on any atom is -0.348 e. The summed E-state index contributed by atoms with van der Waals surface area (Å²) in [5.74, 6) is 3.19. The molecule has 86 valence electrons. The Hall–Kier alpha value is -0.790. The van der Waals surface area contributed by atoms with Gasteiger partial charge in [0.2, 0.25) is 0 Å². The molecule has 16 heavy (non-hydrogen) atoms. The second-order valence-corrected chi connectivity index (χ2v) is 6.67. The summed E-state index contributed by atoms with van der Waals surface area (Å²) in [5.41, 5.74) is 2.02. The molecule has 4 aliphatic rings. The molecule has 0 unspecified atom stereocenters. The van der Waals surface area contributed by atoms with Crippen LogP contribution in [0.3, 0.4) is 0 Å². The largest absolute Gasteiger partial charge is 0.348 e. The smallest absolute Gasteiger partial charge is 0.0921 e. The number of aromatic amines is 1. The normalized spacial score (nSPS) is 45.1. The van der Waals surface area contributed by atoms with Crippen molar-refractivity contribution >= 4 is 0 Å². The summed E-state index contributed by atoms with van der Waals surface area (Å²) in [6.45, 7) is 0. The summed E-state index contributed by atoms with van der Waals surface area (Å²) >= 11 is 0. The number of hydrogen-bond acceptors (Lipinski definition) is 1. The van der Waals surface area contributed by atoms with E-state index in [4.69, 9.17) is 0 Å². The lowest BCUT2D eigenvalue weighted by molar-refractivity contribution is -0.0526. The van der Waals surface area contributed by atoms with E-state index in [0.29, 0.717) is 5.41 Å². The second kappa shape index (κ2) is 3.12. The van der Waals surface area contributed by atoms with Crippen LogP contribution < -0.4 is 0 Å². The fourth-order valence-corrected chi connectivity index (χ4v) is 5.29. The van der Waals surface area contributed by atoms with Gasteiger partial charge in [0.1, 0.15) is 0 Å². The molecule has 2 heteroatoms. The first kappa shape index (κ1) is 9.26. The van der Waals surface area contributed by atoms with Crippen LogP contribution in [-0.4, -0.2) is 9.97 Å². The number of H-pyrrole nitrogens is 1. The number of nitrogens with zero attached hydrogens (tertiary/aromatic N) is 1. The summed E-state index contributed by atoms with van der Waals surface area (Å²) in [6.07, 6.45) is 14.2. The van der Waals surface area contributed by atoms with E-state index in [1.54, 1.807) is 19.3 Å². The van der Waals surface area contributed by atoms with Crippen molar-refractivity contribution < 1.29 is 0 Å². The molecule has 0 spiro atoms.